The monoisotopic (exact) mass is 312 g/mol. The van der Waals surface area contributed by atoms with Gasteiger partial charge < -0.3 is 4.42 Å². The number of carbonyl (C=O) groups excluding carboxylic acids is 2. The van der Waals surface area contributed by atoms with Crippen LogP contribution in [0.5, 0.6) is 0 Å². The summed E-state index contributed by atoms with van der Waals surface area (Å²) in [5.74, 6) is 0.483. The van der Waals surface area contributed by atoms with Gasteiger partial charge in [0, 0.05) is 18.4 Å². The second-order valence-corrected chi connectivity index (χ2v) is 6.74. The van der Waals surface area contributed by atoms with Crippen molar-refractivity contribution in [1.29, 1.82) is 0 Å². The standard InChI is InChI=1S/C18H20N2O3/c1-11-15-13(21)9-18(2,3)10-14(15)23-16(11)17(22)20-19-12-7-5-4-6-8-12/h4-8,19H,9-10H2,1-3H3,(H,20,22). The molecular formula is C18H20N2O3. The van der Waals surface area contributed by atoms with E-state index in [4.69, 9.17) is 4.42 Å². The zero-order valence-electron chi connectivity index (χ0n) is 13.5. The van der Waals surface area contributed by atoms with Gasteiger partial charge in [-0.2, -0.15) is 0 Å². The Morgan fingerprint density at radius 2 is 1.87 bits per heavy atom. The molecule has 2 aromatic rings. The number of benzene rings is 1. The lowest BCUT2D eigenvalue weighted by Crippen LogP contribution is -2.29. The highest BCUT2D eigenvalue weighted by Crippen LogP contribution is 2.38. The van der Waals surface area contributed by atoms with Crippen LogP contribution in [-0.2, 0) is 6.42 Å². The van der Waals surface area contributed by atoms with Crippen LogP contribution in [0.2, 0.25) is 0 Å². The van der Waals surface area contributed by atoms with Crippen LogP contribution in [-0.4, -0.2) is 11.7 Å². The molecule has 1 amide bonds. The molecule has 1 aliphatic rings. The number of hydrogen-bond donors (Lipinski definition) is 2. The van der Waals surface area contributed by atoms with Gasteiger partial charge in [-0.05, 0) is 24.5 Å². The molecule has 0 aliphatic heterocycles. The predicted octanol–water partition coefficient (Wildman–Crippen LogP) is 3.50. The Hall–Kier alpha value is -2.56. The molecule has 0 atom stereocenters. The number of rotatable bonds is 3. The van der Waals surface area contributed by atoms with Crippen LogP contribution in [0, 0.1) is 12.3 Å². The van der Waals surface area contributed by atoms with Gasteiger partial charge in [0.1, 0.15) is 5.76 Å². The molecule has 1 aromatic carbocycles. The minimum absolute atomic E-state index is 0.0487. The zero-order valence-corrected chi connectivity index (χ0v) is 13.5. The van der Waals surface area contributed by atoms with Crippen molar-refractivity contribution in [1.82, 2.24) is 5.43 Å². The van der Waals surface area contributed by atoms with E-state index in [1.165, 1.54) is 0 Å². The maximum Gasteiger partial charge on any atom is 0.305 e. The maximum atomic E-state index is 12.3. The van der Waals surface area contributed by atoms with E-state index in [1.54, 1.807) is 6.92 Å². The summed E-state index contributed by atoms with van der Waals surface area (Å²) >= 11 is 0. The highest BCUT2D eigenvalue weighted by atomic mass is 16.4. The highest BCUT2D eigenvalue weighted by Gasteiger charge is 2.37. The fourth-order valence-corrected chi connectivity index (χ4v) is 3.01. The van der Waals surface area contributed by atoms with E-state index in [9.17, 15) is 9.59 Å². The molecule has 0 saturated carbocycles. The third-order valence-corrected chi connectivity index (χ3v) is 4.08. The van der Waals surface area contributed by atoms with Crippen molar-refractivity contribution in [2.75, 3.05) is 5.43 Å². The summed E-state index contributed by atoms with van der Waals surface area (Å²) < 4.78 is 5.72. The van der Waals surface area contributed by atoms with Crippen molar-refractivity contribution >= 4 is 17.4 Å². The van der Waals surface area contributed by atoms with Gasteiger partial charge in [-0.25, -0.2) is 0 Å². The van der Waals surface area contributed by atoms with Crippen molar-refractivity contribution in [2.24, 2.45) is 5.41 Å². The Morgan fingerprint density at radius 1 is 1.17 bits per heavy atom. The summed E-state index contributed by atoms with van der Waals surface area (Å²) in [5, 5.41) is 0. The summed E-state index contributed by atoms with van der Waals surface area (Å²) in [7, 11) is 0. The van der Waals surface area contributed by atoms with Crippen molar-refractivity contribution < 1.29 is 14.0 Å². The number of para-hydroxylation sites is 1. The summed E-state index contributed by atoms with van der Waals surface area (Å²) in [5.41, 5.74) is 7.27. The first-order valence-electron chi connectivity index (χ1n) is 7.64. The summed E-state index contributed by atoms with van der Waals surface area (Å²) in [4.78, 5) is 24.7. The molecule has 0 spiro atoms. The number of carbonyl (C=O) groups is 2. The van der Waals surface area contributed by atoms with Crippen LogP contribution in [0.4, 0.5) is 5.69 Å². The molecule has 1 aromatic heterocycles. The van der Waals surface area contributed by atoms with Crippen molar-refractivity contribution in [2.45, 2.75) is 33.6 Å². The third kappa shape index (κ3) is 2.99. The van der Waals surface area contributed by atoms with Gasteiger partial charge >= 0.3 is 5.91 Å². The number of anilines is 1. The average molecular weight is 312 g/mol. The Balaban J connectivity index is 1.81. The normalized spacial score (nSPS) is 15.9. The van der Waals surface area contributed by atoms with Crippen LogP contribution in [0.15, 0.2) is 34.7 Å². The lowest BCUT2D eigenvalue weighted by atomic mass is 9.76. The summed E-state index contributed by atoms with van der Waals surface area (Å²) in [6.45, 7) is 5.82. The van der Waals surface area contributed by atoms with Crippen molar-refractivity contribution in [3.8, 4) is 0 Å². The molecule has 1 aliphatic carbocycles. The van der Waals surface area contributed by atoms with E-state index in [0.717, 1.165) is 5.69 Å². The summed E-state index contributed by atoms with van der Waals surface area (Å²) in [6, 6.07) is 9.31. The Morgan fingerprint density at radius 3 is 2.57 bits per heavy atom. The van der Waals surface area contributed by atoms with E-state index in [0.29, 0.717) is 29.7 Å². The van der Waals surface area contributed by atoms with Gasteiger partial charge in [0.05, 0.1) is 11.3 Å². The smallest absolute Gasteiger partial charge is 0.305 e. The molecule has 2 N–H and O–H groups in total. The second kappa shape index (κ2) is 5.57. The van der Waals surface area contributed by atoms with Gasteiger partial charge in [0.15, 0.2) is 11.5 Å². The number of Topliss-reactive ketones (excluding diaryl/α,β-unsaturated/α-hetero) is 1. The number of fused-ring (bicyclic) bond motifs is 1. The number of hydrazine groups is 1. The second-order valence-electron chi connectivity index (χ2n) is 6.74. The molecule has 1 heterocycles. The first kappa shape index (κ1) is 15.3. The molecular weight excluding hydrogens is 292 g/mol. The fraction of sp³-hybridized carbons (Fsp3) is 0.333. The van der Waals surface area contributed by atoms with Crippen LogP contribution >= 0.6 is 0 Å². The molecule has 0 unspecified atom stereocenters. The van der Waals surface area contributed by atoms with E-state index in [1.807, 2.05) is 44.2 Å². The quantitative estimate of drug-likeness (QED) is 0.851. The Kier molecular flexibility index (Phi) is 3.72. The van der Waals surface area contributed by atoms with Gasteiger partial charge in [0.25, 0.3) is 0 Å². The molecule has 5 heteroatoms. The average Bonchev–Trinajstić information content (AvgIpc) is 2.81. The maximum absolute atomic E-state index is 12.3. The third-order valence-electron chi connectivity index (χ3n) is 4.08. The zero-order chi connectivity index (χ0) is 16.6. The summed E-state index contributed by atoms with van der Waals surface area (Å²) in [6.07, 6.45) is 1.14. The van der Waals surface area contributed by atoms with Crippen LogP contribution in [0.25, 0.3) is 0 Å². The number of nitrogens with one attached hydrogen (secondary N) is 2. The van der Waals surface area contributed by atoms with Gasteiger partial charge in [-0.1, -0.05) is 32.0 Å². The van der Waals surface area contributed by atoms with Crippen molar-refractivity contribution in [3.05, 3.63) is 53.0 Å². The fourth-order valence-electron chi connectivity index (χ4n) is 3.01. The molecule has 0 bridgehead atoms. The molecule has 0 radical (unpaired) electrons. The van der Waals surface area contributed by atoms with E-state index in [-0.39, 0.29) is 22.9 Å². The number of amides is 1. The lowest BCUT2D eigenvalue weighted by Gasteiger charge is -2.27. The Labute approximate surface area is 135 Å². The van der Waals surface area contributed by atoms with Gasteiger partial charge in [-0.15, -0.1) is 0 Å². The minimum atomic E-state index is -0.383. The molecule has 5 nitrogen and oxygen atoms in total. The topological polar surface area (TPSA) is 71.3 Å². The number of furan rings is 1. The number of hydrogen-bond acceptors (Lipinski definition) is 4. The first-order chi connectivity index (χ1) is 10.9. The molecule has 3 rings (SSSR count). The SMILES string of the molecule is Cc1c(C(=O)NNc2ccccc2)oc2c1C(=O)CC(C)(C)C2. The predicted molar refractivity (Wildman–Crippen MR) is 87.4 cm³/mol. The first-order valence-corrected chi connectivity index (χ1v) is 7.64. The van der Waals surface area contributed by atoms with Crippen LogP contribution in [0.3, 0.4) is 0 Å². The van der Waals surface area contributed by atoms with Gasteiger partial charge in [0.2, 0.25) is 0 Å². The number of ketones is 1. The molecule has 23 heavy (non-hydrogen) atoms. The van der Waals surface area contributed by atoms with Crippen molar-refractivity contribution in [3.63, 3.8) is 0 Å². The van der Waals surface area contributed by atoms with E-state index in [2.05, 4.69) is 10.9 Å². The molecule has 0 saturated heterocycles. The molecule has 120 valence electrons. The van der Waals surface area contributed by atoms with E-state index < -0.39 is 0 Å². The Bertz CT molecular complexity index is 760. The van der Waals surface area contributed by atoms with Crippen LogP contribution in [0.1, 0.15) is 52.5 Å². The lowest BCUT2D eigenvalue weighted by molar-refractivity contribution is 0.0891. The minimum Gasteiger partial charge on any atom is -0.455 e. The molecule has 0 fully saturated rings. The van der Waals surface area contributed by atoms with E-state index >= 15 is 0 Å². The largest absolute Gasteiger partial charge is 0.455 e. The van der Waals surface area contributed by atoms with Crippen LogP contribution < -0.4 is 10.9 Å². The highest BCUT2D eigenvalue weighted by molar-refractivity contribution is 6.04. The van der Waals surface area contributed by atoms with Gasteiger partial charge in [-0.3, -0.25) is 20.4 Å².